The van der Waals surface area contributed by atoms with Crippen LogP contribution < -0.4 is 11.2 Å². The lowest BCUT2D eigenvalue weighted by atomic mass is 10.1. The van der Waals surface area contributed by atoms with Crippen LogP contribution in [0, 0.1) is 11.3 Å². The number of hydrogen-bond donors (Lipinski definition) is 0. The van der Waals surface area contributed by atoms with Crippen molar-refractivity contribution < 1.29 is 0 Å². The standard InChI is InChI=1S/C21H15BrN4O2/c1-24-17-12-26(16-8-3-5-13(9-16)11-23)19(14-6-4-7-15(22)10-14)18(17)20(27)25(2)21(24)28/h3-10,12H,1-2H3. The predicted molar refractivity (Wildman–Crippen MR) is 112 cm³/mol. The number of nitrogens with zero attached hydrogens (tertiary/aromatic N) is 4. The van der Waals surface area contributed by atoms with E-state index in [4.69, 9.17) is 0 Å². The Morgan fingerprint density at radius 1 is 1.00 bits per heavy atom. The van der Waals surface area contributed by atoms with Crippen LogP contribution in [0.25, 0.3) is 27.8 Å². The molecule has 0 aliphatic carbocycles. The molecule has 7 heteroatoms. The minimum atomic E-state index is -0.388. The summed E-state index contributed by atoms with van der Waals surface area (Å²) in [7, 11) is 3.12. The van der Waals surface area contributed by atoms with Crippen molar-refractivity contribution in [2.45, 2.75) is 0 Å². The highest BCUT2D eigenvalue weighted by Gasteiger charge is 2.20. The highest BCUT2D eigenvalue weighted by Crippen LogP contribution is 2.32. The molecule has 0 N–H and O–H groups in total. The van der Waals surface area contributed by atoms with Gasteiger partial charge in [-0.05, 0) is 30.3 Å². The molecule has 0 saturated carbocycles. The fourth-order valence-electron chi connectivity index (χ4n) is 3.39. The average molecular weight is 435 g/mol. The van der Waals surface area contributed by atoms with Gasteiger partial charge in [0.25, 0.3) is 5.56 Å². The number of rotatable bonds is 2. The van der Waals surface area contributed by atoms with Crippen LogP contribution in [-0.2, 0) is 14.1 Å². The molecule has 28 heavy (non-hydrogen) atoms. The number of aryl methyl sites for hydroxylation is 1. The van der Waals surface area contributed by atoms with E-state index in [1.54, 1.807) is 31.4 Å². The van der Waals surface area contributed by atoms with Gasteiger partial charge in [-0.2, -0.15) is 5.26 Å². The summed E-state index contributed by atoms with van der Waals surface area (Å²) in [4.78, 5) is 25.4. The van der Waals surface area contributed by atoms with E-state index in [0.717, 1.165) is 20.3 Å². The fraction of sp³-hybridized carbons (Fsp3) is 0.0952. The van der Waals surface area contributed by atoms with Crippen LogP contribution in [0.15, 0.2) is 68.8 Å². The number of halogens is 1. The summed E-state index contributed by atoms with van der Waals surface area (Å²) in [5.74, 6) is 0. The lowest BCUT2D eigenvalue weighted by Crippen LogP contribution is -2.36. The van der Waals surface area contributed by atoms with Gasteiger partial charge in [-0.3, -0.25) is 13.9 Å². The molecule has 138 valence electrons. The van der Waals surface area contributed by atoms with Crippen molar-refractivity contribution in [3.05, 3.63) is 85.6 Å². The van der Waals surface area contributed by atoms with E-state index in [1.807, 2.05) is 34.9 Å². The first-order valence-corrected chi connectivity index (χ1v) is 9.29. The number of benzene rings is 2. The van der Waals surface area contributed by atoms with Crippen molar-refractivity contribution in [1.82, 2.24) is 13.7 Å². The third-order valence-corrected chi connectivity index (χ3v) is 5.28. The molecule has 0 unspecified atom stereocenters. The Hall–Kier alpha value is -3.37. The van der Waals surface area contributed by atoms with E-state index < -0.39 is 0 Å². The Labute approximate surface area is 168 Å². The van der Waals surface area contributed by atoms with Crippen molar-refractivity contribution in [2.24, 2.45) is 14.1 Å². The van der Waals surface area contributed by atoms with E-state index >= 15 is 0 Å². The van der Waals surface area contributed by atoms with E-state index in [2.05, 4.69) is 22.0 Å². The molecule has 0 radical (unpaired) electrons. The van der Waals surface area contributed by atoms with Crippen molar-refractivity contribution in [3.63, 3.8) is 0 Å². The van der Waals surface area contributed by atoms with Crippen LogP contribution in [0.4, 0.5) is 0 Å². The fourth-order valence-corrected chi connectivity index (χ4v) is 3.79. The minimum Gasteiger partial charge on any atom is -0.314 e. The second kappa shape index (κ2) is 6.66. The lowest BCUT2D eigenvalue weighted by Gasteiger charge is -2.11. The average Bonchev–Trinajstić information content (AvgIpc) is 3.11. The van der Waals surface area contributed by atoms with Crippen molar-refractivity contribution in [1.29, 1.82) is 5.26 Å². The molecule has 2 aromatic carbocycles. The number of hydrogen-bond acceptors (Lipinski definition) is 3. The zero-order valence-corrected chi connectivity index (χ0v) is 16.8. The summed E-state index contributed by atoms with van der Waals surface area (Å²) in [6.45, 7) is 0. The third kappa shape index (κ3) is 2.70. The van der Waals surface area contributed by atoms with Gasteiger partial charge >= 0.3 is 5.69 Å². The van der Waals surface area contributed by atoms with Gasteiger partial charge in [-0.15, -0.1) is 0 Å². The monoisotopic (exact) mass is 434 g/mol. The third-order valence-electron chi connectivity index (χ3n) is 4.79. The summed E-state index contributed by atoms with van der Waals surface area (Å²) >= 11 is 3.48. The smallest absolute Gasteiger partial charge is 0.314 e. The minimum absolute atomic E-state index is 0.358. The first-order chi connectivity index (χ1) is 13.4. The zero-order chi connectivity index (χ0) is 20.0. The van der Waals surface area contributed by atoms with Gasteiger partial charge in [0.1, 0.15) is 0 Å². The Morgan fingerprint density at radius 3 is 2.46 bits per heavy atom. The molecule has 0 spiro atoms. The van der Waals surface area contributed by atoms with Gasteiger partial charge < -0.3 is 4.57 Å². The molecule has 0 saturated heterocycles. The van der Waals surface area contributed by atoms with Crippen LogP contribution >= 0.6 is 15.9 Å². The van der Waals surface area contributed by atoms with Gasteiger partial charge in [0.05, 0.1) is 28.2 Å². The predicted octanol–water partition coefficient (Wildman–Crippen LogP) is 3.33. The topological polar surface area (TPSA) is 72.7 Å². The zero-order valence-electron chi connectivity index (χ0n) is 15.2. The molecule has 0 aliphatic heterocycles. The van der Waals surface area contributed by atoms with Gasteiger partial charge in [0.15, 0.2) is 0 Å². The molecule has 0 amide bonds. The van der Waals surface area contributed by atoms with Crippen LogP contribution in [-0.4, -0.2) is 13.7 Å². The van der Waals surface area contributed by atoms with E-state index in [9.17, 15) is 14.9 Å². The molecule has 4 aromatic rings. The summed E-state index contributed by atoms with van der Waals surface area (Å²) in [5.41, 5.74) is 2.52. The maximum absolute atomic E-state index is 13.0. The number of nitriles is 1. The molecular formula is C21H15BrN4O2. The van der Waals surface area contributed by atoms with Gasteiger partial charge in [-0.1, -0.05) is 34.1 Å². The SMILES string of the molecule is Cn1c(=O)c2c(-c3cccc(Br)c3)n(-c3cccc(C#N)c3)cc2n(C)c1=O. The molecule has 0 fully saturated rings. The molecule has 0 atom stereocenters. The highest BCUT2D eigenvalue weighted by molar-refractivity contribution is 9.10. The van der Waals surface area contributed by atoms with E-state index in [1.165, 1.54) is 11.6 Å². The highest BCUT2D eigenvalue weighted by atomic mass is 79.9. The van der Waals surface area contributed by atoms with E-state index in [0.29, 0.717) is 22.2 Å². The molecule has 2 heterocycles. The molecule has 6 nitrogen and oxygen atoms in total. The van der Waals surface area contributed by atoms with Gasteiger partial charge in [-0.25, -0.2) is 4.79 Å². The normalized spacial score (nSPS) is 10.9. The Balaban J connectivity index is 2.22. The van der Waals surface area contributed by atoms with Gasteiger partial charge in [0.2, 0.25) is 0 Å². The molecule has 0 aliphatic rings. The molecule has 4 rings (SSSR count). The first-order valence-electron chi connectivity index (χ1n) is 8.50. The van der Waals surface area contributed by atoms with E-state index in [-0.39, 0.29) is 11.2 Å². The largest absolute Gasteiger partial charge is 0.330 e. The van der Waals surface area contributed by atoms with Crippen molar-refractivity contribution in [2.75, 3.05) is 0 Å². The first kappa shape index (κ1) is 18.0. The summed E-state index contributed by atoms with van der Waals surface area (Å²) in [6, 6.07) is 16.9. The van der Waals surface area contributed by atoms with Crippen LogP contribution in [0.2, 0.25) is 0 Å². The van der Waals surface area contributed by atoms with Crippen molar-refractivity contribution >= 4 is 26.8 Å². The quantitative estimate of drug-likeness (QED) is 0.485. The number of fused-ring (bicyclic) bond motifs is 1. The van der Waals surface area contributed by atoms with Crippen LogP contribution in [0.5, 0.6) is 0 Å². The molecular weight excluding hydrogens is 420 g/mol. The summed E-state index contributed by atoms with van der Waals surface area (Å²) in [6.07, 6.45) is 1.77. The summed E-state index contributed by atoms with van der Waals surface area (Å²) < 4.78 is 5.30. The molecule has 0 bridgehead atoms. The lowest BCUT2D eigenvalue weighted by molar-refractivity contribution is 0.714. The maximum Gasteiger partial charge on any atom is 0.330 e. The Bertz CT molecular complexity index is 1400. The second-order valence-electron chi connectivity index (χ2n) is 6.49. The van der Waals surface area contributed by atoms with Crippen LogP contribution in [0.1, 0.15) is 5.56 Å². The number of aromatic nitrogens is 3. The van der Waals surface area contributed by atoms with Gasteiger partial charge in [0, 0.05) is 36.0 Å². The Kier molecular flexibility index (Phi) is 4.28. The second-order valence-corrected chi connectivity index (χ2v) is 7.40. The van der Waals surface area contributed by atoms with Crippen LogP contribution in [0.3, 0.4) is 0 Å². The maximum atomic E-state index is 13.0. The van der Waals surface area contributed by atoms with Crippen molar-refractivity contribution in [3.8, 4) is 23.0 Å². The Morgan fingerprint density at radius 2 is 1.75 bits per heavy atom. The molecule has 2 aromatic heterocycles. The summed E-state index contributed by atoms with van der Waals surface area (Å²) in [5, 5.41) is 9.72.